The molecule has 1 aromatic carbocycles. The van der Waals surface area contributed by atoms with Gasteiger partial charge in [0.15, 0.2) is 0 Å². The Bertz CT molecular complexity index is 339. The van der Waals surface area contributed by atoms with E-state index < -0.39 is 0 Å². The quantitative estimate of drug-likeness (QED) is 0.787. The molecule has 1 aromatic rings. The van der Waals surface area contributed by atoms with Crippen LogP contribution in [0.25, 0.3) is 0 Å². The van der Waals surface area contributed by atoms with Crippen LogP contribution in [-0.2, 0) is 0 Å². The van der Waals surface area contributed by atoms with Crippen LogP contribution in [0.3, 0.4) is 0 Å². The Morgan fingerprint density at radius 2 is 2.06 bits per heavy atom. The van der Waals surface area contributed by atoms with E-state index in [1.165, 1.54) is 11.1 Å². The standard InChI is InChI=1S/C14H24N2O/c1-11-6-5-7-13(8-11)12(2)15-9-14(17)10-16(3)4/h5-8,12,14-15,17H,9-10H2,1-4H3/t12-,14+/m0/s1. The van der Waals surface area contributed by atoms with Crippen molar-refractivity contribution in [1.29, 1.82) is 0 Å². The van der Waals surface area contributed by atoms with Crippen molar-refractivity contribution >= 4 is 0 Å². The molecular weight excluding hydrogens is 212 g/mol. The lowest BCUT2D eigenvalue weighted by Crippen LogP contribution is -2.36. The zero-order chi connectivity index (χ0) is 12.8. The van der Waals surface area contributed by atoms with Gasteiger partial charge in [-0.1, -0.05) is 29.8 Å². The minimum atomic E-state index is -0.322. The zero-order valence-corrected chi connectivity index (χ0v) is 11.3. The summed E-state index contributed by atoms with van der Waals surface area (Å²) in [7, 11) is 3.93. The van der Waals surface area contributed by atoms with Gasteiger partial charge in [-0.2, -0.15) is 0 Å². The van der Waals surface area contributed by atoms with E-state index in [4.69, 9.17) is 0 Å². The smallest absolute Gasteiger partial charge is 0.0791 e. The first-order chi connectivity index (χ1) is 7.99. The van der Waals surface area contributed by atoms with Gasteiger partial charge in [0.2, 0.25) is 0 Å². The van der Waals surface area contributed by atoms with Crippen molar-refractivity contribution in [1.82, 2.24) is 10.2 Å². The van der Waals surface area contributed by atoms with Crippen molar-refractivity contribution in [3.8, 4) is 0 Å². The Kier molecular flexibility index (Phi) is 5.62. The van der Waals surface area contributed by atoms with Gasteiger partial charge in [-0.25, -0.2) is 0 Å². The highest BCUT2D eigenvalue weighted by molar-refractivity contribution is 5.24. The van der Waals surface area contributed by atoms with Crippen LogP contribution in [0.1, 0.15) is 24.1 Å². The third-order valence-electron chi connectivity index (χ3n) is 2.78. The average Bonchev–Trinajstić information content (AvgIpc) is 2.25. The fourth-order valence-corrected chi connectivity index (χ4v) is 1.86. The fraction of sp³-hybridized carbons (Fsp3) is 0.571. The molecule has 0 heterocycles. The number of rotatable bonds is 6. The molecule has 0 saturated heterocycles. The van der Waals surface area contributed by atoms with Crippen molar-refractivity contribution in [2.75, 3.05) is 27.2 Å². The molecular formula is C14H24N2O. The third kappa shape index (κ3) is 5.31. The molecule has 0 unspecified atom stereocenters. The lowest BCUT2D eigenvalue weighted by molar-refractivity contribution is 0.132. The molecule has 0 aliphatic carbocycles. The first kappa shape index (κ1) is 14.2. The maximum absolute atomic E-state index is 9.77. The molecule has 17 heavy (non-hydrogen) atoms. The molecule has 0 radical (unpaired) electrons. The summed E-state index contributed by atoms with van der Waals surface area (Å²) in [5.41, 5.74) is 2.53. The monoisotopic (exact) mass is 236 g/mol. The van der Waals surface area contributed by atoms with Gasteiger partial charge < -0.3 is 15.3 Å². The summed E-state index contributed by atoms with van der Waals surface area (Å²) in [6.45, 7) is 5.52. The van der Waals surface area contributed by atoms with Gasteiger partial charge in [0.05, 0.1) is 6.10 Å². The predicted molar refractivity (Wildman–Crippen MR) is 72.2 cm³/mol. The summed E-state index contributed by atoms with van der Waals surface area (Å²) >= 11 is 0. The summed E-state index contributed by atoms with van der Waals surface area (Å²) in [6, 6.07) is 8.72. The Labute approximate surface area is 104 Å². The largest absolute Gasteiger partial charge is 0.390 e. The molecule has 3 nitrogen and oxygen atoms in total. The summed E-state index contributed by atoms with van der Waals surface area (Å²) < 4.78 is 0. The van der Waals surface area contributed by atoms with E-state index >= 15 is 0 Å². The molecule has 0 aromatic heterocycles. The lowest BCUT2D eigenvalue weighted by Gasteiger charge is -2.20. The number of hydrogen-bond donors (Lipinski definition) is 2. The Morgan fingerprint density at radius 3 is 2.65 bits per heavy atom. The second-order valence-corrected chi connectivity index (χ2v) is 4.96. The van der Waals surface area contributed by atoms with Crippen molar-refractivity contribution in [3.05, 3.63) is 35.4 Å². The van der Waals surface area contributed by atoms with Crippen LogP contribution in [0.5, 0.6) is 0 Å². The minimum absolute atomic E-state index is 0.270. The highest BCUT2D eigenvalue weighted by atomic mass is 16.3. The third-order valence-corrected chi connectivity index (χ3v) is 2.78. The van der Waals surface area contributed by atoms with Crippen LogP contribution in [0, 0.1) is 6.92 Å². The molecule has 0 aliphatic rings. The zero-order valence-electron chi connectivity index (χ0n) is 11.3. The van der Waals surface area contributed by atoms with E-state index in [-0.39, 0.29) is 12.1 Å². The first-order valence-corrected chi connectivity index (χ1v) is 6.11. The fourth-order valence-electron chi connectivity index (χ4n) is 1.86. The molecule has 3 heteroatoms. The number of aryl methyl sites for hydroxylation is 1. The molecule has 0 spiro atoms. The molecule has 0 amide bonds. The van der Waals surface area contributed by atoms with Crippen LogP contribution in [0.4, 0.5) is 0 Å². The summed E-state index contributed by atoms with van der Waals surface area (Å²) in [5, 5.41) is 13.1. The van der Waals surface area contributed by atoms with Crippen LogP contribution < -0.4 is 5.32 Å². The van der Waals surface area contributed by atoms with Crippen molar-refractivity contribution in [3.63, 3.8) is 0 Å². The Morgan fingerprint density at radius 1 is 1.35 bits per heavy atom. The molecule has 2 N–H and O–H groups in total. The molecule has 96 valence electrons. The van der Waals surface area contributed by atoms with E-state index in [2.05, 4.69) is 43.4 Å². The number of likely N-dealkylation sites (N-methyl/N-ethyl adjacent to an activating group) is 1. The van der Waals surface area contributed by atoms with Gasteiger partial charge in [0.25, 0.3) is 0 Å². The van der Waals surface area contributed by atoms with Crippen LogP contribution >= 0.6 is 0 Å². The summed E-state index contributed by atoms with van der Waals surface area (Å²) in [6.07, 6.45) is -0.322. The van der Waals surface area contributed by atoms with Gasteiger partial charge in [-0.3, -0.25) is 0 Å². The normalized spacial score (nSPS) is 14.9. The summed E-state index contributed by atoms with van der Waals surface area (Å²) in [5.74, 6) is 0. The van der Waals surface area contributed by atoms with Crippen molar-refractivity contribution in [2.45, 2.75) is 26.0 Å². The van der Waals surface area contributed by atoms with Gasteiger partial charge in [0.1, 0.15) is 0 Å². The number of nitrogens with one attached hydrogen (secondary N) is 1. The molecule has 2 atom stereocenters. The van der Waals surface area contributed by atoms with E-state index in [9.17, 15) is 5.11 Å². The van der Waals surface area contributed by atoms with Crippen LogP contribution in [0.15, 0.2) is 24.3 Å². The number of aliphatic hydroxyl groups is 1. The number of aliphatic hydroxyl groups excluding tert-OH is 1. The van der Waals surface area contributed by atoms with E-state index in [0.29, 0.717) is 13.1 Å². The maximum Gasteiger partial charge on any atom is 0.0791 e. The van der Waals surface area contributed by atoms with Crippen molar-refractivity contribution in [2.24, 2.45) is 0 Å². The minimum Gasteiger partial charge on any atom is -0.390 e. The van der Waals surface area contributed by atoms with E-state index in [0.717, 1.165) is 0 Å². The number of nitrogens with zero attached hydrogens (tertiary/aromatic N) is 1. The van der Waals surface area contributed by atoms with Crippen LogP contribution in [0.2, 0.25) is 0 Å². The van der Waals surface area contributed by atoms with Gasteiger partial charge in [0, 0.05) is 19.1 Å². The van der Waals surface area contributed by atoms with E-state index in [1.54, 1.807) is 0 Å². The second kappa shape index (κ2) is 6.74. The van der Waals surface area contributed by atoms with Gasteiger partial charge in [-0.15, -0.1) is 0 Å². The maximum atomic E-state index is 9.77. The number of benzene rings is 1. The van der Waals surface area contributed by atoms with Crippen molar-refractivity contribution < 1.29 is 5.11 Å². The molecule has 0 bridgehead atoms. The SMILES string of the molecule is Cc1cccc([C@H](C)NC[C@@H](O)CN(C)C)c1. The summed E-state index contributed by atoms with van der Waals surface area (Å²) in [4.78, 5) is 1.99. The Balaban J connectivity index is 2.42. The average molecular weight is 236 g/mol. The Hall–Kier alpha value is -0.900. The van der Waals surface area contributed by atoms with E-state index in [1.807, 2.05) is 19.0 Å². The predicted octanol–water partition coefficient (Wildman–Crippen LogP) is 1.57. The molecule has 0 fully saturated rings. The lowest BCUT2D eigenvalue weighted by atomic mass is 10.1. The van der Waals surface area contributed by atoms with Crippen LogP contribution in [-0.4, -0.2) is 43.3 Å². The highest BCUT2D eigenvalue weighted by Crippen LogP contribution is 2.13. The van der Waals surface area contributed by atoms with Gasteiger partial charge in [-0.05, 0) is 33.5 Å². The molecule has 0 aliphatic heterocycles. The number of hydrogen-bond acceptors (Lipinski definition) is 3. The highest BCUT2D eigenvalue weighted by Gasteiger charge is 2.09. The molecule has 1 rings (SSSR count). The topological polar surface area (TPSA) is 35.5 Å². The first-order valence-electron chi connectivity index (χ1n) is 6.11. The van der Waals surface area contributed by atoms with Gasteiger partial charge >= 0.3 is 0 Å². The molecule has 0 saturated carbocycles. The second-order valence-electron chi connectivity index (χ2n) is 4.96.